The second-order valence-corrected chi connectivity index (χ2v) is 3.21. The number of benzene rings is 1. The van der Waals surface area contributed by atoms with Gasteiger partial charge >= 0.3 is 11.9 Å². The Balaban J connectivity index is 2.64. The third-order valence-electron chi connectivity index (χ3n) is 2.16. The number of aromatic carboxylic acids is 1. The molecule has 0 radical (unpaired) electrons. The Morgan fingerprint density at radius 1 is 1.53 bits per heavy atom. The molecule has 0 aliphatic heterocycles. The second kappa shape index (κ2) is 4.25. The number of nitrogens with zero attached hydrogens (tertiary/aromatic N) is 1. The number of aromatic nitrogens is 1. The highest BCUT2D eigenvalue weighted by molar-refractivity contribution is 5.95. The first-order valence-corrected chi connectivity index (χ1v) is 4.66. The Hall–Kier alpha value is -2.37. The zero-order chi connectivity index (χ0) is 12.4. The second-order valence-electron chi connectivity index (χ2n) is 3.21. The largest absolute Gasteiger partial charge is 0.476 e. The first kappa shape index (κ1) is 11.1. The molecule has 1 aromatic carbocycles. The van der Waals surface area contributed by atoms with Gasteiger partial charge in [0.2, 0.25) is 5.69 Å². The van der Waals surface area contributed by atoms with Gasteiger partial charge in [-0.15, -0.1) is 0 Å². The zero-order valence-corrected chi connectivity index (χ0v) is 8.81. The van der Waals surface area contributed by atoms with Crippen molar-refractivity contribution in [2.45, 2.75) is 0 Å². The third kappa shape index (κ3) is 1.96. The SMILES string of the molecule is COc1onc(C(=O)O)c1-c1cccc(F)c1. The molecule has 1 N–H and O–H groups in total. The fourth-order valence-electron chi connectivity index (χ4n) is 1.46. The fraction of sp³-hybridized carbons (Fsp3) is 0.0909. The van der Waals surface area contributed by atoms with Crippen LogP contribution in [0.4, 0.5) is 4.39 Å². The highest BCUT2D eigenvalue weighted by atomic mass is 19.1. The predicted octanol–water partition coefficient (Wildman–Crippen LogP) is 2.19. The lowest BCUT2D eigenvalue weighted by Gasteiger charge is -2.01. The average molecular weight is 237 g/mol. The highest BCUT2D eigenvalue weighted by Gasteiger charge is 2.23. The Bertz CT molecular complexity index is 564. The molecule has 2 aromatic rings. The molecule has 0 unspecified atom stereocenters. The maximum atomic E-state index is 13.1. The van der Waals surface area contributed by atoms with E-state index in [1.807, 2.05) is 0 Å². The van der Waals surface area contributed by atoms with E-state index in [0.717, 1.165) is 0 Å². The van der Waals surface area contributed by atoms with Gasteiger partial charge in [-0.2, -0.15) is 0 Å². The number of carboxylic acid groups (broad SMARTS) is 1. The summed E-state index contributed by atoms with van der Waals surface area (Å²) < 4.78 is 22.7. The minimum atomic E-state index is -1.27. The standard InChI is InChI=1S/C11H8FNO4/c1-16-11-8(9(10(14)15)13-17-11)6-3-2-4-7(12)5-6/h2-5H,1H3,(H,14,15). The van der Waals surface area contributed by atoms with Crippen molar-refractivity contribution < 1.29 is 23.6 Å². The van der Waals surface area contributed by atoms with E-state index in [4.69, 9.17) is 14.4 Å². The van der Waals surface area contributed by atoms with Crippen molar-refractivity contribution in [3.05, 3.63) is 35.8 Å². The zero-order valence-electron chi connectivity index (χ0n) is 8.81. The number of halogens is 1. The van der Waals surface area contributed by atoms with E-state index < -0.39 is 11.8 Å². The van der Waals surface area contributed by atoms with Gasteiger partial charge in [0.1, 0.15) is 11.4 Å². The van der Waals surface area contributed by atoms with Crippen molar-refractivity contribution in [1.29, 1.82) is 0 Å². The van der Waals surface area contributed by atoms with Crippen molar-refractivity contribution in [2.75, 3.05) is 7.11 Å². The van der Waals surface area contributed by atoms with E-state index in [1.54, 1.807) is 6.07 Å². The van der Waals surface area contributed by atoms with Crippen molar-refractivity contribution >= 4 is 5.97 Å². The Morgan fingerprint density at radius 2 is 2.29 bits per heavy atom. The molecule has 2 rings (SSSR count). The van der Waals surface area contributed by atoms with Crippen LogP contribution in [-0.2, 0) is 0 Å². The van der Waals surface area contributed by atoms with Crippen LogP contribution in [0.25, 0.3) is 11.1 Å². The van der Waals surface area contributed by atoms with Crippen LogP contribution in [0, 0.1) is 5.82 Å². The first-order chi connectivity index (χ1) is 8.13. The van der Waals surface area contributed by atoms with Gasteiger partial charge < -0.3 is 14.4 Å². The number of hydrogen-bond acceptors (Lipinski definition) is 4. The lowest BCUT2D eigenvalue weighted by molar-refractivity contribution is 0.0686. The van der Waals surface area contributed by atoms with Crippen LogP contribution in [0.2, 0.25) is 0 Å². The van der Waals surface area contributed by atoms with E-state index in [9.17, 15) is 9.18 Å². The molecule has 88 valence electrons. The van der Waals surface area contributed by atoms with Crippen LogP contribution >= 0.6 is 0 Å². The normalized spacial score (nSPS) is 10.2. The van der Waals surface area contributed by atoms with Gasteiger partial charge in [0.15, 0.2) is 0 Å². The van der Waals surface area contributed by atoms with Gasteiger partial charge in [-0.1, -0.05) is 17.3 Å². The first-order valence-electron chi connectivity index (χ1n) is 4.66. The molecule has 0 fully saturated rings. The number of methoxy groups -OCH3 is 1. The Kier molecular flexibility index (Phi) is 2.78. The summed E-state index contributed by atoms with van der Waals surface area (Å²) in [6.07, 6.45) is 0. The summed E-state index contributed by atoms with van der Waals surface area (Å²) >= 11 is 0. The average Bonchev–Trinajstić information content (AvgIpc) is 2.72. The Labute approximate surface area is 95.4 Å². The topological polar surface area (TPSA) is 72.6 Å². The molecule has 1 aromatic heterocycles. The molecule has 0 aliphatic rings. The molecule has 0 saturated heterocycles. The molecule has 0 amide bonds. The summed E-state index contributed by atoms with van der Waals surface area (Å²) in [7, 11) is 1.31. The van der Waals surface area contributed by atoms with Crippen molar-refractivity contribution in [1.82, 2.24) is 5.16 Å². The van der Waals surface area contributed by atoms with Gasteiger partial charge in [-0.25, -0.2) is 9.18 Å². The smallest absolute Gasteiger partial charge is 0.358 e. The lowest BCUT2D eigenvalue weighted by Crippen LogP contribution is -1.99. The van der Waals surface area contributed by atoms with E-state index in [2.05, 4.69) is 5.16 Å². The highest BCUT2D eigenvalue weighted by Crippen LogP contribution is 2.33. The molecular weight excluding hydrogens is 229 g/mol. The van der Waals surface area contributed by atoms with Gasteiger partial charge in [-0.3, -0.25) is 0 Å². The molecule has 0 bridgehead atoms. The monoisotopic (exact) mass is 237 g/mol. The van der Waals surface area contributed by atoms with Crippen molar-refractivity contribution in [2.24, 2.45) is 0 Å². The molecular formula is C11H8FNO4. The summed E-state index contributed by atoms with van der Waals surface area (Å²) in [6, 6.07) is 5.44. The van der Waals surface area contributed by atoms with Crippen LogP contribution in [0.5, 0.6) is 5.95 Å². The van der Waals surface area contributed by atoms with E-state index in [-0.39, 0.29) is 17.2 Å². The summed E-state index contributed by atoms with van der Waals surface area (Å²) in [4.78, 5) is 10.9. The van der Waals surface area contributed by atoms with Crippen LogP contribution in [0.3, 0.4) is 0 Å². The number of carbonyl (C=O) groups is 1. The summed E-state index contributed by atoms with van der Waals surface area (Å²) in [5, 5.41) is 12.3. The molecule has 17 heavy (non-hydrogen) atoms. The summed E-state index contributed by atoms with van der Waals surface area (Å²) in [5.74, 6) is -1.81. The summed E-state index contributed by atoms with van der Waals surface area (Å²) in [6.45, 7) is 0. The summed E-state index contributed by atoms with van der Waals surface area (Å²) in [5.41, 5.74) is 0.146. The maximum Gasteiger partial charge on any atom is 0.358 e. The Morgan fingerprint density at radius 3 is 2.88 bits per heavy atom. The van der Waals surface area contributed by atoms with Gasteiger partial charge in [-0.05, 0) is 17.7 Å². The lowest BCUT2D eigenvalue weighted by atomic mass is 10.1. The van der Waals surface area contributed by atoms with Crippen LogP contribution in [0.1, 0.15) is 10.5 Å². The molecule has 0 saturated carbocycles. The number of rotatable bonds is 3. The van der Waals surface area contributed by atoms with E-state index in [1.165, 1.54) is 25.3 Å². The molecule has 6 heteroatoms. The minimum Gasteiger partial charge on any atom is -0.476 e. The van der Waals surface area contributed by atoms with E-state index in [0.29, 0.717) is 5.56 Å². The molecule has 0 atom stereocenters. The molecule has 5 nitrogen and oxygen atoms in total. The van der Waals surface area contributed by atoms with Crippen LogP contribution in [0.15, 0.2) is 28.8 Å². The van der Waals surface area contributed by atoms with E-state index >= 15 is 0 Å². The number of hydrogen-bond donors (Lipinski definition) is 1. The van der Waals surface area contributed by atoms with Gasteiger partial charge in [0, 0.05) is 0 Å². The quantitative estimate of drug-likeness (QED) is 0.885. The minimum absolute atomic E-state index is 0.0620. The van der Waals surface area contributed by atoms with Crippen LogP contribution < -0.4 is 4.74 Å². The number of carboxylic acids is 1. The van der Waals surface area contributed by atoms with Gasteiger partial charge in [0.05, 0.1) is 7.11 Å². The molecule has 0 aliphatic carbocycles. The van der Waals surface area contributed by atoms with Crippen molar-refractivity contribution in [3.63, 3.8) is 0 Å². The van der Waals surface area contributed by atoms with Crippen molar-refractivity contribution in [3.8, 4) is 17.1 Å². The third-order valence-corrected chi connectivity index (χ3v) is 2.16. The molecule has 0 spiro atoms. The maximum absolute atomic E-state index is 13.1. The van der Waals surface area contributed by atoms with Crippen LogP contribution in [-0.4, -0.2) is 23.3 Å². The predicted molar refractivity (Wildman–Crippen MR) is 55.4 cm³/mol. The fourth-order valence-corrected chi connectivity index (χ4v) is 1.46. The van der Waals surface area contributed by atoms with Gasteiger partial charge in [0.25, 0.3) is 0 Å². The number of ether oxygens (including phenoxy) is 1. The molecule has 1 heterocycles.